The Hall–Kier alpha value is -2.63. The summed E-state index contributed by atoms with van der Waals surface area (Å²) >= 11 is 0. The molecule has 8 nitrogen and oxygen atoms in total. The lowest BCUT2D eigenvalue weighted by Crippen LogP contribution is -2.47. The number of nitrogens with zero attached hydrogens (tertiary/aromatic N) is 5. The number of hydrogen-bond donors (Lipinski definition) is 1. The van der Waals surface area contributed by atoms with Crippen LogP contribution in [0.25, 0.3) is 0 Å². The molecule has 1 fully saturated rings. The molecule has 0 bridgehead atoms. The molecule has 3 heterocycles. The van der Waals surface area contributed by atoms with Crippen molar-refractivity contribution in [1.82, 2.24) is 15.0 Å². The second-order valence-corrected chi connectivity index (χ2v) is 8.06. The number of sulfonamides is 1. The Morgan fingerprint density at radius 2 is 1.64 bits per heavy atom. The molecule has 0 unspecified atom stereocenters. The first kappa shape index (κ1) is 20.1. The van der Waals surface area contributed by atoms with Gasteiger partial charge in [0.05, 0.1) is 30.3 Å². The second kappa shape index (κ2) is 8.17. The number of aromatic nitrogens is 3. The molecule has 0 aromatic carbocycles. The molecule has 1 N–H and O–H groups in total. The third-order valence-corrected chi connectivity index (χ3v) is 5.39. The van der Waals surface area contributed by atoms with E-state index in [-0.39, 0.29) is 5.69 Å². The number of nitrogens with one attached hydrogen (secondary N) is 1. The number of halogens is 3. The summed E-state index contributed by atoms with van der Waals surface area (Å²) in [5.74, 6) is 0.277. The first-order valence-corrected chi connectivity index (χ1v) is 10.2. The van der Waals surface area contributed by atoms with Crippen molar-refractivity contribution in [3.63, 3.8) is 0 Å². The maximum atomic E-state index is 12.2. The molecule has 1 aliphatic rings. The van der Waals surface area contributed by atoms with Gasteiger partial charge in [-0.05, 0) is 12.1 Å². The smallest absolute Gasteiger partial charge is 0.353 e. The van der Waals surface area contributed by atoms with Crippen LogP contribution >= 0.6 is 0 Å². The zero-order chi connectivity index (χ0) is 20.2. The first-order valence-electron chi connectivity index (χ1n) is 8.52. The lowest BCUT2D eigenvalue weighted by atomic mass is 10.3. The Morgan fingerprint density at radius 1 is 1.00 bits per heavy atom. The summed E-state index contributed by atoms with van der Waals surface area (Å²) in [5.41, 5.74) is 0.0260. The predicted molar refractivity (Wildman–Crippen MR) is 98.8 cm³/mol. The highest BCUT2D eigenvalue weighted by Gasteiger charge is 2.30. The van der Waals surface area contributed by atoms with E-state index in [1.165, 1.54) is 12.4 Å². The van der Waals surface area contributed by atoms with Crippen LogP contribution in [0, 0.1) is 0 Å². The molecular weight excluding hydrogens is 397 g/mol. The van der Waals surface area contributed by atoms with E-state index in [1.807, 2.05) is 23.1 Å². The Bertz CT molecular complexity index is 870. The Kier molecular flexibility index (Phi) is 5.87. The minimum absolute atomic E-state index is 0.0260. The molecule has 1 aliphatic heterocycles. The lowest BCUT2D eigenvalue weighted by molar-refractivity contribution is -0.129. The van der Waals surface area contributed by atoms with Crippen LogP contribution in [0.4, 0.5) is 30.6 Å². The second-order valence-electron chi connectivity index (χ2n) is 6.22. The van der Waals surface area contributed by atoms with Gasteiger partial charge in [-0.2, -0.15) is 13.2 Å². The van der Waals surface area contributed by atoms with Gasteiger partial charge >= 0.3 is 6.18 Å². The van der Waals surface area contributed by atoms with Crippen molar-refractivity contribution in [2.75, 3.05) is 46.5 Å². The van der Waals surface area contributed by atoms with Crippen molar-refractivity contribution in [3.05, 3.63) is 36.8 Å². The topological polar surface area (TPSA) is 91.3 Å². The van der Waals surface area contributed by atoms with E-state index in [4.69, 9.17) is 0 Å². The SMILES string of the molecule is O=S(=O)(CCC(F)(F)F)Nc1cnc(N2CCN(c3ccccn3)CC2)nc1. The van der Waals surface area contributed by atoms with Crippen molar-refractivity contribution in [2.24, 2.45) is 0 Å². The fraction of sp³-hybridized carbons (Fsp3) is 0.438. The van der Waals surface area contributed by atoms with Crippen LogP contribution in [0.3, 0.4) is 0 Å². The van der Waals surface area contributed by atoms with Crippen LogP contribution < -0.4 is 14.5 Å². The highest BCUT2D eigenvalue weighted by molar-refractivity contribution is 7.92. The summed E-state index contributed by atoms with van der Waals surface area (Å²) in [5, 5.41) is 0. The van der Waals surface area contributed by atoms with Crippen LogP contribution in [0.5, 0.6) is 0 Å². The molecule has 0 amide bonds. The van der Waals surface area contributed by atoms with Crippen LogP contribution in [0.15, 0.2) is 36.8 Å². The highest BCUT2D eigenvalue weighted by Crippen LogP contribution is 2.21. The Morgan fingerprint density at radius 3 is 2.21 bits per heavy atom. The van der Waals surface area contributed by atoms with Gasteiger partial charge in [-0.25, -0.2) is 23.4 Å². The van der Waals surface area contributed by atoms with Gasteiger partial charge in [0.1, 0.15) is 5.82 Å². The number of rotatable bonds is 6. The van der Waals surface area contributed by atoms with Crippen LogP contribution in [-0.2, 0) is 10.0 Å². The van der Waals surface area contributed by atoms with Crippen molar-refractivity contribution >= 4 is 27.5 Å². The normalized spacial score (nSPS) is 15.5. The van der Waals surface area contributed by atoms with Crippen LogP contribution in [0.2, 0.25) is 0 Å². The van der Waals surface area contributed by atoms with Gasteiger partial charge in [0.25, 0.3) is 0 Å². The zero-order valence-corrected chi connectivity index (χ0v) is 15.6. The van der Waals surface area contributed by atoms with Gasteiger partial charge < -0.3 is 9.80 Å². The fourth-order valence-corrected chi connectivity index (χ4v) is 3.76. The van der Waals surface area contributed by atoms with Gasteiger partial charge in [-0.1, -0.05) is 6.07 Å². The van der Waals surface area contributed by atoms with E-state index >= 15 is 0 Å². The molecular formula is C16H19F3N6O2S. The summed E-state index contributed by atoms with van der Waals surface area (Å²) in [4.78, 5) is 16.7. The van der Waals surface area contributed by atoms with Crippen molar-refractivity contribution < 1.29 is 21.6 Å². The minimum atomic E-state index is -4.54. The minimum Gasteiger partial charge on any atom is -0.353 e. The molecule has 2 aromatic heterocycles. The summed E-state index contributed by atoms with van der Waals surface area (Å²) in [6, 6.07) is 5.71. The van der Waals surface area contributed by atoms with E-state index in [9.17, 15) is 21.6 Å². The number of piperazine rings is 1. The molecule has 28 heavy (non-hydrogen) atoms. The van der Waals surface area contributed by atoms with E-state index in [1.54, 1.807) is 6.20 Å². The average Bonchev–Trinajstić information content (AvgIpc) is 2.67. The van der Waals surface area contributed by atoms with E-state index in [0.29, 0.717) is 19.0 Å². The summed E-state index contributed by atoms with van der Waals surface area (Å²) in [7, 11) is -4.12. The number of anilines is 3. The van der Waals surface area contributed by atoms with Crippen LogP contribution in [0.1, 0.15) is 6.42 Å². The molecule has 0 radical (unpaired) electrons. The third-order valence-electron chi connectivity index (χ3n) is 4.10. The summed E-state index contributed by atoms with van der Waals surface area (Å²) < 4.78 is 62.1. The third kappa shape index (κ3) is 5.68. The molecule has 1 saturated heterocycles. The predicted octanol–water partition coefficient (Wildman–Crippen LogP) is 1.89. The van der Waals surface area contributed by atoms with E-state index in [0.717, 1.165) is 18.9 Å². The summed E-state index contributed by atoms with van der Waals surface area (Å²) in [6.07, 6.45) is -1.72. The molecule has 0 saturated carbocycles. The van der Waals surface area contributed by atoms with E-state index < -0.39 is 28.4 Å². The van der Waals surface area contributed by atoms with Gasteiger partial charge in [-0.3, -0.25) is 4.72 Å². The summed E-state index contributed by atoms with van der Waals surface area (Å²) in [6.45, 7) is 2.78. The highest BCUT2D eigenvalue weighted by atomic mass is 32.2. The molecule has 0 spiro atoms. The van der Waals surface area contributed by atoms with Gasteiger partial charge in [0.2, 0.25) is 16.0 Å². The van der Waals surface area contributed by atoms with E-state index in [2.05, 4.69) is 24.6 Å². The monoisotopic (exact) mass is 416 g/mol. The van der Waals surface area contributed by atoms with Crippen molar-refractivity contribution in [1.29, 1.82) is 0 Å². The molecule has 3 rings (SSSR count). The maximum absolute atomic E-state index is 12.2. The molecule has 2 aromatic rings. The van der Waals surface area contributed by atoms with Crippen molar-refractivity contribution in [3.8, 4) is 0 Å². The zero-order valence-electron chi connectivity index (χ0n) is 14.8. The Labute approximate surface area is 160 Å². The number of alkyl halides is 3. The molecule has 0 atom stereocenters. The lowest BCUT2D eigenvalue weighted by Gasteiger charge is -2.35. The first-order chi connectivity index (χ1) is 13.2. The fourth-order valence-electron chi connectivity index (χ4n) is 2.69. The van der Waals surface area contributed by atoms with Crippen LogP contribution in [-0.4, -0.2) is 61.5 Å². The average molecular weight is 416 g/mol. The molecule has 0 aliphatic carbocycles. The maximum Gasteiger partial charge on any atom is 0.390 e. The Balaban J connectivity index is 1.55. The number of hydrogen-bond acceptors (Lipinski definition) is 7. The largest absolute Gasteiger partial charge is 0.390 e. The van der Waals surface area contributed by atoms with Gasteiger partial charge in [0.15, 0.2) is 0 Å². The van der Waals surface area contributed by atoms with Gasteiger partial charge in [0, 0.05) is 32.4 Å². The molecule has 12 heteroatoms. The van der Waals surface area contributed by atoms with Gasteiger partial charge in [-0.15, -0.1) is 0 Å². The van der Waals surface area contributed by atoms with Crippen molar-refractivity contribution in [2.45, 2.75) is 12.6 Å². The number of pyridine rings is 1. The quantitative estimate of drug-likeness (QED) is 0.769. The molecule has 152 valence electrons. The standard InChI is InChI=1S/C16H19F3N6O2S/c17-16(18,19)4-10-28(26,27)23-13-11-21-15(22-12-13)25-8-6-24(7-9-25)14-3-1-2-5-20-14/h1-3,5,11-12,23H,4,6-10H2.